The largest absolute Gasteiger partial charge is 0.490 e. The Bertz CT molecular complexity index is 521. The molecule has 7 nitrogen and oxygen atoms in total. The summed E-state index contributed by atoms with van der Waals surface area (Å²) in [6.45, 7) is 2.46. The second kappa shape index (κ2) is 7.68. The summed E-state index contributed by atoms with van der Waals surface area (Å²) in [6, 6.07) is 5.96. The Morgan fingerprint density at radius 3 is 2.05 bits per heavy atom. The molecule has 0 aliphatic heterocycles. The van der Waals surface area contributed by atoms with Crippen LogP contribution in [-0.4, -0.2) is 52.7 Å². The number of carbonyl (C=O) groups is 3. The van der Waals surface area contributed by atoms with E-state index in [4.69, 9.17) is 14.9 Å². The second-order valence-electron chi connectivity index (χ2n) is 4.07. The molecule has 1 aromatic rings. The van der Waals surface area contributed by atoms with Gasteiger partial charge in [-0.1, -0.05) is 12.7 Å². The van der Waals surface area contributed by atoms with Crippen molar-refractivity contribution in [3.8, 4) is 5.75 Å². The average Bonchev–Trinajstić information content (AvgIpc) is 2.43. The van der Waals surface area contributed by atoms with Gasteiger partial charge in [0.05, 0.1) is 0 Å². The zero-order chi connectivity index (χ0) is 15.8. The van der Waals surface area contributed by atoms with E-state index in [2.05, 4.69) is 6.58 Å². The number of benzene rings is 1. The summed E-state index contributed by atoms with van der Waals surface area (Å²) in [5.74, 6) is -2.71. The molecule has 0 saturated carbocycles. The van der Waals surface area contributed by atoms with Crippen LogP contribution in [-0.2, 0) is 9.59 Å². The number of rotatable bonds is 8. The summed E-state index contributed by atoms with van der Waals surface area (Å²) >= 11 is 0. The van der Waals surface area contributed by atoms with Crippen LogP contribution in [0, 0.1) is 0 Å². The summed E-state index contributed by atoms with van der Waals surface area (Å²) in [4.78, 5) is 34.2. The second-order valence-corrected chi connectivity index (χ2v) is 4.07. The topological polar surface area (TPSA) is 104 Å². The van der Waals surface area contributed by atoms with E-state index >= 15 is 0 Å². The number of ether oxygens (including phenoxy) is 1. The Kier molecular flexibility index (Phi) is 5.94. The molecule has 2 N–H and O–H groups in total. The van der Waals surface area contributed by atoms with Crippen molar-refractivity contribution in [2.75, 3.05) is 19.7 Å². The van der Waals surface area contributed by atoms with Crippen molar-refractivity contribution in [3.63, 3.8) is 0 Å². The highest BCUT2D eigenvalue weighted by Crippen LogP contribution is 2.14. The molecule has 0 radical (unpaired) electrons. The summed E-state index contributed by atoms with van der Waals surface area (Å²) in [5.41, 5.74) is 0.184. The van der Waals surface area contributed by atoms with Gasteiger partial charge in [0.15, 0.2) is 0 Å². The van der Waals surface area contributed by atoms with Crippen LogP contribution in [0.15, 0.2) is 36.9 Å². The molecule has 21 heavy (non-hydrogen) atoms. The lowest BCUT2D eigenvalue weighted by Gasteiger charge is -2.18. The summed E-state index contributed by atoms with van der Waals surface area (Å²) < 4.78 is 5.25. The van der Waals surface area contributed by atoms with Crippen LogP contribution in [0.4, 0.5) is 0 Å². The molecule has 0 heterocycles. The first-order valence-corrected chi connectivity index (χ1v) is 6.00. The monoisotopic (exact) mass is 293 g/mol. The Hall–Kier alpha value is -2.83. The van der Waals surface area contributed by atoms with Crippen molar-refractivity contribution < 1.29 is 29.3 Å². The van der Waals surface area contributed by atoms with Gasteiger partial charge in [-0.25, -0.2) is 0 Å². The average molecular weight is 293 g/mol. The van der Waals surface area contributed by atoms with Gasteiger partial charge in [-0.2, -0.15) is 0 Å². The fourth-order valence-electron chi connectivity index (χ4n) is 1.56. The fraction of sp³-hybridized carbons (Fsp3) is 0.214. The molecule has 1 amide bonds. The number of hydrogen-bond acceptors (Lipinski definition) is 4. The summed E-state index contributed by atoms with van der Waals surface area (Å²) in [7, 11) is 0. The predicted molar refractivity (Wildman–Crippen MR) is 73.3 cm³/mol. The zero-order valence-electron chi connectivity index (χ0n) is 11.2. The van der Waals surface area contributed by atoms with Crippen molar-refractivity contribution in [2.45, 2.75) is 0 Å². The highest BCUT2D eigenvalue weighted by atomic mass is 16.5. The molecule has 0 fully saturated rings. The standard InChI is InChI=1S/C14H15NO6/c1-2-7-21-11-5-3-10(4-6-11)14(20)15(8-12(16)17)9-13(18)19/h2-6H,1,7-9H2,(H,16,17)(H,18,19). The number of amides is 1. The van der Waals surface area contributed by atoms with E-state index in [1.807, 2.05) is 0 Å². The maximum Gasteiger partial charge on any atom is 0.323 e. The van der Waals surface area contributed by atoms with Crippen LogP contribution in [0.1, 0.15) is 10.4 Å². The van der Waals surface area contributed by atoms with Gasteiger partial charge in [-0.05, 0) is 24.3 Å². The van der Waals surface area contributed by atoms with Crippen LogP contribution >= 0.6 is 0 Å². The molecule has 0 aromatic heterocycles. The summed E-state index contributed by atoms with van der Waals surface area (Å²) in [6.07, 6.45) is 1.57. The number of carboxylic acid groups (broad SMARTS) is 2. The molecule has 0 spiro atoms. The van der Waals surface area contributed by atoms with Gasteiger partial charge in [-0.3, -0.25) is 14.4 Å². The third-order valence-corrected chi connectivity index (χ3v) is 2.41. The molecular weight excluding hydrogens is 278 g/mol. The van der Waals surface area contributed by atoms with E-state index in [-0.39, 0.29) is 5.56 Å². The summed E-state index contributed by atoms with van der Waals surface area (Å²) in [5, 5.41) is 17.4. The van der Waals surface area contributed by atoms with Gasteiger partial charge in [0.25, 0.3) is 5.91 Å². The van der Waals surface area contributed by atoms with E-state index in [9.17, 15) is 14.4 Å². The lowest BCUT2D eigenvalue weighted by molar-refractivity contribution is -0.140. The highest BCUT2D eigenvalue weighted by Gasteiger charge is 2.21. The molecule has 0 aliphatic rings. The van der Waals surface area contributed by atoms with E-state index in [1.165, 1.54) is 24.3 Å². The number of hydrogen-bond donors (Lipinski definition) is 2. The first-order valence-electron chi connectivity index (χ1n) is 6.00. The Labute approximate surface area is 121 Å². The van der Waals surface area contributed by atoms with Crippen LogP contribution in [0.2, 0.25) is 0 Å². The van der Waals surface area contributed by atoms with E-state index < -0.39 is 30.9 Å². The minimum Gasteiger partial charge on any atom is -0.490 e. The van der Waals surface area contributed by atoms with Gasteiger partial charge in [-0.15, -0.1) is 0 Å². The minimum atomic E-state index is -1.28. The molecule has 0 bridgehead atoms. The first-order chi connectivity index (χ1) is 9.93. The molecule has 0 aliphatic carbocycles. The first kappa shape index (κ1) is 16.2. The van der Waals surface area contributed by atoms with Crippen LogP contribution in [0.25, 0.3) is 0 Å². The maximum absolute atomic E-state index is 12.1. The van der Waals surface area contributed by atoms with Crippen molar-refractivity contribution >= 4 is 17.8 Å². The lowest BCUT2D eigenvalue weighted by atomic mass is 10.2. The number of carbonyl (C=O) groups excluding carboxylic acids is 1. The molecule has 7 heteroatoms. The molecule has 0 saturated heterocycles. The van der Waals surface area contributed by atoms with Crippen molar-refractivity contribution in [3.05, 3.63) is 42.5 Å². The number of aliphatic carboxylic acids is 2. The molecule has 0 atom stereocenters. The van der Waals surface area contributed by atoms with Gasteiger partial charge >= 0.3 is 11.9 Å². The smallest absolute Gasteiger partial charge is 0.323 e. The molecule has 112 valence electrons. The number of carboxylic acids is 2. The van der Waals surface area contributed by atoms with Crippen molar-refractivity contribution in [1.82, 2.24) is 4.90 Å². The quantitative estimate of drug-likeness (QED) is 0.689. The molecule has 1 rings (SSSR count). The normalized spacial score (nSPS) is 9.71. The van der Waals surface area contributed by atoms with Crippen molar-refractivity contribution in [2.24, 2.45) is 0 Å². The maximum atomic E-state index is 12.1. The Morgan fingerprint density at radius 1 is 1.10 bits per heavy atom. The van der Waals surface area contributed by atoms with Gasteiger partial charge in [0.1, 0.15) is 25.4 Å². The van der Waals surface area contributed by atoms with Gasteiger partial charge in [0, 0.05) is 5.56 Å². The lowest BCUT2D eigenvalue weighted by Crippen LogP contribution is -2.39. The van der Waals surface area contributed by atoms with E-state index in [0.717, 1.165) is 4.90 Å². The molecular formula is C14H15NO6. The molecule has 0 unspecified atom stereocenters. The SMILES string of the molecule is C=CCOc1ccc(C(=O)N(CC(=O)O)CC(=O)O)cc1. The van der Waals surface area contributed by atoms with Gasteiger partial charge < -0.3 is 19.8 Å². The third-order valence-electron chi connectivity index (χ3n) is 2.41. The van der Waals surface area contributed by atoms with Crippen LogP contribution < -0.4 is 4.74 Å². The zero-order valence-corrected chi connectivity index (χ0v) is 11.2. The Balaban J connectivity index is 2.84. The number of nitrogens with zero attached hydrogens (tertiary/aromatic N) is 1. The van der Waals surface area contributed by atoms with E-state index in [0.29, 0.717) is 12.4 Å². The fourth-order valence-corrected chi connectivity index (χ4v) is 1.56. The van der Waals surface area contributed by atoms with Gasteiger partial charge in [0.2, 0.25) is 0 Å². The molecule has 1 aromatic carbocycles. The Morgan fingerprint density at radius 2 is 1.62 bits per heavy atom. The predicted octanol–water partition coefficient (Wildman–Crippen LogP) is 0.863. The third kappa shape index (κ3) is 5.35. The van der Waals surface area contributed by atoms with Crippen molar-refractivity contribution in [1.29, 1.82) is 0 Å². The van der Waals surface area contributed by atoms with Crippen LogP contribution in [0.5, 0.6) is 5.75 Å². The van der Waals surface area contributed by atoms with E-state index in [1.54, 1.807) is 6.08 Å². The highest BCUT2D eigenvalue weighted by molar-refractivity contribution is 5.97. The van der Waals surface area contributed by atoms with Crippen LogP contribution in [0.3, 0.4) is 0 Å². The minimum absolute atomic E-state index is 0.184.